The average Bonchev–Trinajstić information content (AvgIpc) is 2.94. The van der Waals surface area contributed by atoms with E-state index in [0.29, 0.717) is 0 Å². The van der Waals surface area contributed by atoms with E-state index in [1.54, 1.807) is 0 Å². The normalized spacial score (nSPS) is 17.7. The molecule has 1 aliphatic rings. The number of benzene rings is 1. The molecular formula is C16H19NOS. The minimum Gasteiger partial charge on any atom is -0.491 e. The van der Waals surface area contributed by atoms with Crippen LogP contribution in [0.25, 0.3) is 10.9 Å². The van der Waals surface area contributed by atoms with E-state index in [4.69, 9.17) is 4.74 Å². The van der Waals surface area contributed by atoms with Crippen LogP contribution in [0.3, 0.4) is 0 Å². The van der Waals surface area contributed by atoms with Crippen LogP contribution in [-0.2, 0) is 0 Å². The summed E-state index contributed by atoms with van der Waals surface area (Å²) in [5, 5.41) is 1.13. The van der Waals surface area contributed by atoms with Gasteiger partial charge in [-0.25, -0.2) is 0 Å². The number of para-hydroxylation sites is 1. The first kappa shape index (κ1) is 12.8. The quantitative estimate of drug-likeness (QED) is 0.847. The third-order valence-corrected chi connectivity index (χ3v) is 4.80. The molecule has 0 spiro atoms. The van der Waals surface area contributed by atoms with Gasteiger partial charge in [0.1, 0.15) is 11.3 Å². The van der Waals surface area contributed by atoms with Gasteiger partial charge in [0, 0.05) is 17.0 Å². The third-order valence-electron chi connectivity index (χ3n) is 4.13. The van der Waals surface area contributed by atoms with Gasteiger partial charge in [0.25, 0.3) is 0 Å². The molecule has 2 aromatic rings. The van der Waals surface area contributed by atoms with Crippen molar-refractivity contribution in [2.75, 3.05) is 12.4 Å². The molecule has 0 aliphatic heterocycles. The molecule has 0 atom stereocenters. The molecule has 1 fully saturated rings. The summed E-state index contributed by atoms with van der Waals surface area (Å²) in [4.78, 5) is 4.43. The highest BCUT2D eigenvalue weighted by molar-refractivity contribution is 7.80. The summed E-state index contributed by atoms with van der Waals surface area (Å²) in [5.74, 6) is 1.80. The number of hydrogen-bond acceptors (Lipinski definition) is 3. The van der Waals surface area contributed by atoms with Crippen molar-refractivity contribution in [1.29, 1.82) is 0 Å². The van der Waals surface area contributed by atoms with Gasteiger partial charge in [0.2, 0.25) is 0 Å². The number of nitrogens with zero attached hydrogens (tertiary/aromatic N) is 1. The fourth-order valence-corrected chi connectivity index (χ4v) is 3.30. The molecule has 19 heavy (non-hydrogen) atoms. The number of hydrogen-bond donors (Lipinski definition) is 1. The summed E-state index contributed by atoms with van der Waals surface area (Å²) < 4.78 is 6.09. The molecule has 1 aromatic heterocycles. The molecule has 3 rings (SSSR count). The molecule has 0 saturated heterocycles. The second kappa shape index (κ2) is 5.41. The zero-order valence-electron chi connectivity index (χ0n) is 11.0. The molecule has 3 heteroatoms. The van der Waals surface area contributed by atoms with Crippen molar-refractivity contribution < 1.29 is 4.74 Å². The summed E-state index contributed by atoms with van der Waals surface area (Å²) in [7, 11) is 0. The van der Waals surface area contributed by atoms with E-state index in [2.05, 4.69) is 29.7 Å². The SMILES string of the molecule is SCC1(COc2cccc3cccnc23)CCCC1. The van der Waals surface area contributed by atoms with Crippen molar-refractivity contribution in [3.63, 3.8) is 0 Å². The Morgan fingerprint density at radius 3 is 2.74 bits per heavy atom. The Bertz CT molecular complexity index is 558. The summed E-state index contributed by atoms with van der Waals surface area (Å²) >= 11 is 4.53. The summed E-state index contributed by atoms with van der Waals surface area (Å²) in [6.45, 7) is 0.756. The number of thiol groups is 1. The number of fused-ring (bicyclic) bond motifs is 1. The lowest BCUT2D eigenvalue weighted by molar-refractivity contribution is 0.174. The minimum atomic E-state index is 0.264. The average molecular weight is 273 g/mol. The van der Waals surface area contributed by atoms with E-state index in [0.717, 1.165) is 29.0 Å². The fraction of sp³-hybridized carbons (Fsp3) is 0.438. The number of aromatic nitrogens is 1. The Kier molecular flexibility index (Phi) is 3.65. The maximum atomic E-state index is 6.09. The molecule has 0 bridgehead atoms. The summed E-state index contributed by atoms with van der Waals surface area (Å²) in [6, 6.07) is 10.1. The minimum absolute atomic E-state index is 0.264. The first-order valence-electron chi connectivity index (χ1n) is 6.90. The Labute approximate surface area is 119 Å². The Morgan fingerprint density at radius 1 is 1.16 bits per heavy atom. The summed E-state index contributed by atoms with van der Waals surface area (Å²) in [5.41, 5.74) is 1.22. The maximum Gasteiger partial charge on any atom is 0.145 e. The van der Waals surface area contributed by atoms with Crippen LogP contribution in [-0.4, -0.2) is 17.3 Å². The van der Waals surface area contributed by atoms with E-state index < -0.39 is 0 Å². The Hall–Kier alpha value is -1.22. The fourth-order valence-electron chi connectivity index (χ4n) is 2.90. The zero-order chi connectivity index (χ0) is 13.1. The van der Waals surface area contributed by atoms with Gasteiger partial charge in [0.15, 0.2) is 0 Å². The van der Waals surface area contributed by atoms with E-state index in [1.165, 1.54) is 25.7 Å². The molecule has 1 saturated carbocycles. The molecule has 0 radical (unpaired) electrons. The van der Waals surface area contributed by atoms with Crippen molar-refractivity contribution in [2.45, 2.75) is 25.7 Å². The van der Waals surface area contributed by atoms with Crippen LogP contribution in [0.2, 0.25) is 0 Å². The van der Waals surface area contributed by atoms with Crippen molar-refractivity contribution >= 4 is 23.5 Å². The topological polar surface area (TPSA) is 22.1 Å². The van der Waals surface area contributed by atoms with Gasteiger partial charge in [-0.3, -0.25) is 4.98 Å². The molecule has 0 unspecified atom stereocenters. The lowest BCUT2D eigenvalue weighted by Gasteiger charge is -2.26. The van der Waals surface area contributed by atoms with E-state index in [1.807, 2.05) is 24.4 Å². The predicted octanol–water partition coefficient (Wildman–Crippen LogP) is 4.10. The number of rotatable bonds is 4. The van der Waals surface area contributed by atoms with Gasteiger partial charge in [0.05, 0.1) is 6.61 Å². The van der Waals surface area contributed by atoms with Gasteiger partial charge in [-0.2, -0.15) is 12.6 Å². The highest BCUT2D eigenvalue weighted by Crippen LogP contribution is 2.39. The standard InChI is InChI=1S/C16H19NOS/c19-12-16(8-1-2-9-16)11-18-14-7-3-5-13-6-4-10-17-15(13)14/h3-7,10,19H,1-2,8-9,11-12H2. The molecule has 1 aromatic carbocycles. The molecule has 100 valence electrons. The molecule has 1 aliphatic carbocycles. The smallest absolute Gasteiger partial charge is 0.145 e. The van der Waals surface area contributed by atoms with Gasteiger partial charge in [-0.1, -0.05) is 31.0 Å². The van der Waals surface area contributed by atoms with Gasteiger partial charge >= 0.3 is 0 Å². The lowest BCUT2D eigenvalue weighted by Crippen LogP contribution is -2.27. The molecule has 0 N–H and O–H groups in total. The highest BCUT2D eigenvalue weighted by atomic mass is 32.1. The summed E-state index contributed by atoms with van der Waals surface area (Å²) in [6.07, 6.45) is 6.89. The molecule has 0 amide bonds. The van der Waals surface area contributed by atoms with Crippen molar-refractivity contribution in [1.82, 2.24) is 4.98 Å². The van der Waals surface area contributed by atoms with Crippen molar-refractivity contribution in [2.24, 2.45) is 5.41 Å². The lowest BCUT2D eigenvalue weighted by atomic mass is 9.90. The monoisotopic (exact) mass is 273 g/mol. The second-order valence-electron chi connectivity index (χ2n) is 5.49. The first-order chi connectivity index (χ1) is 9.33. The van der Waals surface area contributed by atoms with Crippen molar-refractivity contribution in [3.05, 3.63) is 36.5 Å². The zero-order valence-corrected chi connectivity index (χ0v) is 11.9. The van der Waals surface area contributed by atoms with Crippen LogP contribution in [0.4, 0.5) is 0 Å². The third kappa shape index (κ3) is 2.57. The Balaban J connectivity index is 1.82. The maximum absolute atomic E-state index is 6.09. The first-order valence-corrected chi connectivity index (χ1v) is 7.54. The second-order valence-corrected chi connectivity index (χ2v) is 5.80. The van der Waals surface area contributed by atoms with Crippen LogP contribution in [0, 0.1) is 5.41 Å². The van der Waals surface area contributed by atoms with E-state index in [-0.39, 0.29) is 5.41 Å². The Morgan fingerprint density at radius 2 is 1.95 bits per heavy atom. The highest BCUT2D eigenvalue weighted by Gasteiger charge is 2.33. The molecule has 2 nitrogen and oxygen atoms in total. The van der Waals surface area contributed by atoms with Crippen LogP contribution >= 0.6 is 12.6 Å². The number of ether oxygens (including phenoxy) is 1. The predicted molar refractivity (Wildman–Crippen MR) is 82.0 cm³/mol. The number of pyridine rings is 1. The van der Waals surface area contributed by atoms with Crippen LogP contribution in [0.1, 0.15) is 25.7 Å². The van der Waals surface area contributed by atoms with E-state index >= 15 is 0 Å². The molecule has 1 heterocycles. The van der Waals surface area contributed by atoms with Crippen LogP contribution in [0.15, 0.2) is 36.5 Å². The van der Waals surface area contributed by atoms with Gasteiger partial charge in [-0.15, -0.1) is 0 Å². The van der Waals surface area contributed by atoms with Gasteiger partial charge in [-0.05, 0) is 30.7 Å². The van der Waals surface area contributed by atoms with Crippen LogP contribution in [0.5, 0.6) is 5.75 Å². The van der Waals surface area contributed by atoms with Crippen molar-refractivity contribution in [3.8, 4) is 5.75 Å². The largest absolute Gasteiger partial charge is 0.491 e. The molecular weight excluding hydrogens is 254 g/mol. The van der Waals surface area contributed by atoms with Gasteiger partial charge < -0.3 is 4.74 Å². The van der Waals surface area contributed by atoms with Crippen LogP contribution < -0.4 is 4.74 Å². The van der Waals surface area contributed by atoms with E-state index in [9.17, 15) is 0 Å².